The number of nitrogens with one attached hydrogen (secondary N) is 1. The molecule has 8 nitrogen and oxygen atoms in total. The molecule has 2 heterocycles. The van der Waals surface area contributed by atoms with Gasteiger partial charge < -0.3 is 24.8 Å². The third kappa shape index (κ3) is 4.31. The fraction of sp³-hybridized carbons (Fsp3) is 0.571. The number of carbonyl (C=O) groups is 3. The van der Waals surface area contributed by atoms with Gasteiger partial charge in [0.05, 0.1) is 6.67 Å². The minimum atomic E-state index is -0.664. The number of ether oxygens (including phenoxy) is 1. The van der Waals surface area contributed by atoms with Crippen molar-refractivity contribution >= 4 is 29.3 Å². The van der Waals surface area contributed by atoms with Crippen molar-refractivity contribution in [3.63, 3.8) is 0 Å². The van der Waals surface area contributed by atoms with E-state index >= 15 is 0 Å². The largest absolute Gasteiger partial charge is 0.444 e. The van der Waals surface area contributed by atoms with Gasteiger partial charge in [0.15, 0.2) is 0 Å². The van der Waals surface area contributed by atoms with Gasteiger partial charge in [-0.2, -0.15) is 0 Å². The number of rotatable bonds is 2. The molecule has 0 saturated carbocycles. The lowest BCUT2D eigenvalue weighted by molar-refractivity contribution is -0.132. The Bertz CT molecular complexity index is 792. The highest BCUT2D eigenvalue weighted by Gasteiger charge is 2.53. The summed E-state index contributed by atoms with van der Waals surface area (Å²) < 4.78 is 5.48. The molecule has 1 N–H and O–H groups in total. The molecule has 3 amide bonds. The Morgan fingerprint density at radius 1 is 1.10 bits per heavy atom. The van der Waals surface area contributed by atoms with E-state index in [1.165, 1.54) is 6.92 Å². The maximum absolute atomic E-state index is 13.1. The van der Waals surface area contributed by atoms with Gasteiger partial charge >= 0.3 is 6.09 Å². The summed E-state index contributed by atoms with van der Waals surface area (Å²) in [5, 5.41) is 2.76. The number of likely N-dealkylation sites (N-methyl/N-ethyl adjacent to an activating group) is 1. The SMILES string of the molecule is CC(=O)Nc1ccc(N2CN(C)C(=O)C23CCN(C(=O)OC(C)(C)C)CC3)cc1. The first kappa shape index (κ1) is 21.0. The summed E-state index contributed by atoms with van der Waals surface area (Å²) in [7, 11) is 1.80. The highest BCUT2D eigenvalue weighted by atomic mass is 16.6. The Morgan fingerprint density at radius 3 is 2.21 bits per heavy atom. The minimum Gasteiger partial charge on any atom is -0.444 e. The van der Waals surface area contributed by atoms with Crippen LogP contribution in [0.2, 0.25) is 0 Å². The van der Waals surface area contributed by atoms with Crippen LogP contribution >= 0.6 is 0 Å². The number of amides is 3. The van der Waals surface area contributed by atoms with Crippen LogP contribution in [0.25, 0.3) is 0 Å². The second-order valence-corrected chi connectivity index (χ2v) is 8.80. The van der Waals surface area contributed by atoms with Crippen LogP contribution in [0, 0.1) is 0 Å². The average molecular weight is 402 g/mol. The summed E-state index contributed by atoms with van der Waals surface area (Å²) in [5.74, 6) is -0.0490. The predicted molar refractivity (Wildman–Crippen MR) is 111 cm³/mol. The van der Waals surface area contributed by atoms with Gasteiger partial charge in [0, 0.05) is 38.4 Å². The maximum atomic E-state index is 13.1. The van der Waals surface area contributed by atoms with Crippen molar-refractivity contribution in [1.29, 1.82) is 0 Å². The van der Waals surface area contributed by atoms with Gasteiger partial charge in [-0.15, -0.1) is 0 Å². The number of piperidine rings is 1. The smallest absolute Gasteiger partial charge is 0.410 e. The number of nitrogens with zero attached hydrogens (tertiary/aromatic N) is 3. The van der Waals surface area contributed by atoms with E-state index in [1.807, 2.05) is 45.0 Å². The monoisotopic (exact) mass is 402 g/mol. The normalized spacial score (nSPS) is 18.9. The van der Waals surface area contributed by atoms with Crippen LogP contribution in [0.15, 0.2) is 24.3 Å². The molecule has 2 fully saturated rings. The van der Waals surface area contributed by atoms with Crippen molar-refractivity contribution in [2.24, 2.45) is 0 Å². The Labute approximate surface area is 171 Å². The third-order valence-corrected chi connectivity index (χ3v) is 5.36. The third-order valence-electron chi connectivity index (χ3n) is 5.36. The van der Waals surface area contributed by atoms with Crippen molar-refractivity contribution in [3.8, 4) is 0 Å². The lowest BCUT2D eigenvalue weighted by atomic mass is 9.85. The second kappa shape index (κ2) is 7.57. The first-order valence-corrected chi connectivity index (χ1v) is 9.91. The van der Waals surface area contributed by atoms with Crippen LogP contribution in [0.3, 0.4) is 0 Å². The molecule has 2 aliphatic heterocycles. The molecule has 0 atom stereocenters. The minimum absolute atomic E-state index is 0.0762. The van der Waals surface area contributed by atoms with E-state index in [-0.39, 0.29) is 17.9 Å². The van der Waals surface area contributed by atoms with Crippen molar-refractivity contribution in [3.05, 3.63) is 24.3 Å². The molecule has 0 bridgehead atoms. The van der Waals surface area contributed by atoms with Gasteiger partial charge in [-0.1, -0.05) is 0 Å². The molecule has 29 heavy (non-hydrogen) atoms. The summed E-state index contributed by atoms with van der Waals surface area (Å²) in [6, 6.07) is 7.51. The summed E-state index contributed by atoms with van der Waals surface area (Å²) in [5.41, 5.74) is 0.427. The van der Waals surface area contributed by atoms with Gasteiger partial charge in [0.25, 0.3) is 0 Å². The quantitative estimate of drug-likeness (QED) is 0.822. The average Bonchev–Trinajstić information content (AvgIpc) is 2.86. The van der Waals surface area contributed by atoms with Crippen LogP contribution < -0.4 is 10.2 Å². The number of carbonyl (C=O) groups excluding carboxylic acids is 3. The fourth-order valence-electron chi connectivity index (χ4n) is 4.01. The topological polar surface area (TPSA) is 82.2 Å². The van der Waals surface area contributed by atoms with E-state index in [1.54, 1.807) is 16.8 Å². The van der Waals surface area contributed by atoms with Gasteiger partial charge in [0.2, 0.25) is 11.8 Å². The molecule has 1 aromatic carbocycles. The molecule has 1 spiro atoms. The molecule has 2 saturated heterocycles. The van der Waals surface area contributed by atoms with E-state index in [4.69, 9.17) is 4.74 Å². The fourth-order valence-corrected chi connectivity index (χ4v) is 4.01. The summed E-state index contributed by atoms with van der Waals surface area (Å²) in [4.78, 5) is 42.2. The number of anilines is 2. The Morgan fingerprint density at radius 2 is 1.69 bits per heavy atom. The first-order chi connectivity index (χ1) is 13.5. The molecule has 8 heteroatoms. The van der Waals surface area contributed by atoms with Crippen LogP contribution in [0.5, 0.6) is 0 Å². The van der Waals surface area contributed by atoms with Gasteiger partial charge in [0.1, 0.15) is 11.1 Å². The summed E-state index contributed by atoms with van der Waals surface area (Å²) in [6.07, 6.45) is 0.753. The highest BCUT2D eigenvalue weighted by molar-refractivity contribution is 5.94. The molecule has 158 valence electrons. The lowest BCUT2D eigenvalue weighted by Gasteiger charge is -2.43. The molecule has 2 aliphatic rings. The predicted octanol–water partition coefficient (Wildman–Crippen LogP) is 2.65. The summed E-state index contributed by atoms with van der Waals surface area (Å²) in [6.45, 7) is 8.43. The van der Waals surface area contributed by atoms with Crippen LogP contribution in [-0.2, 0) is 14.3 Å². The number of hydrogen-bond donors (Lipinski definition) is 1. The van der Waals surface area contributed by atoms with Gasteiger partial charge in [-0.05, 0) is 57.9 Å². The standard InChI is InChI=1S/C21H30N4O4/c1-15(26)22-16-6-8-17(9-7-16)25-14-23(5)18(27)21(25)10-12-24(13-11-21)19(28)29-20(2,3)4/h6-9H,10-14H2,1-5H3,(H,22,26). The number of hydrogen-bond acceptors (Lipinski definition) is 5. The zero-order valence-electron chi connectivity index (χ0n) is 17.8. The van der Waals surface area contributed by atoms with E-state index in [2.05, 4.69) is 10.2 Å². The zero-order chi connectivity index (χ0) is 21.4. The van der Waals surface area contributed by atoms with E-state index < -0.39 is 11.1 Å². The van der Waals surface area contributed by atoms with Crippen molar-refractivity contribution in [2.75, 3.05) is 37.0 Å². The first-order valence-electron chi connectivity index (χ1n) is 9.91. The molecule has 3 rings (SSSR count). The second-order valence-electron chi connectivity index (χ2n) is 8.80. The van der Waals surface area contributed by atoms with E-state index in [0.717, 1.165) is 5.69 Å². The lowest BCUT2D eigenvalue weighted by Crippen LogP contribution is -2.57. The molecule has 1 aromatic rings. The maximum Gasteiger partial charge on any atom is 0.410 e. The Balaban J connectivity index is 1.77. The molecular formula is C21H30N4O4. The summed E-state index contributed by atoms with van der Waals surface area (Å²) >= 11 is 0. The van der Waals surface area contributed by atoms with Crippen LogP contribution in [0.4, 0.5) is 16.2 Å². The van der Waals surface area contributed by atoms with Crippen molar-refractivity contribution in [2.45, 2.75) is 51.7 Å². The number of likely N-dealkylation sites (tertiary alicyclic amines) is 1. The molecule has 0 aromatic heterocycles. The van der Waals surface area contributed by atoms with Crippen molar-refractivity contribution in [1.82, 2.24) is 9.80 Å². The highest BCUT2D eigenvalue weighted by Crippen LogP contribution is 2.39. The number of benzene rings is 1. The van der Waals surface area contributed by atoms with Crippen LogP contribution in [0.1, 0.15) is 40.5 Å². The molecule has 0 radical (unpaired) electrons. The van der Waals surface area contributed by atoms with E-state index in [9.17, 15) is 14.4 Å². The zero-order valence-corrected chi connectivity index (χ0v) is 17.8. The van der Waals surface area contributed by atoms with Gasteiger partial charge in [-0.25, -0.2) is 4.79 Å². The van der Waals surface area contributed by atoms with E-state index in [0.29, 0.717) is 38.3 Å². The molecule has 0 aliphatic carbocycles. The van der Waals surface area contributed by atoms with Gasteiger partial charge in [-0.3, -0.25) is 9.59 Å². The Hall–Kier alpha value is -2.77. The van der Waals surface area contributed by atoms with Crippen molar-refractivity contribution < 1.29 is 19.1 Å². The van der Waals surface area contributed by atoms with Crippen LogP contribution in [-0.4, -0.2) is 65.7 Å². The molecule has 0 unspecified atom stereocenters. The molecular weight excluding hydrogens is 372 g/mol. The Kier molecular flexibility index (Phi) is 5.47.